The molecule has 0 amide bonds. The van der Waals surface area contributed by atoms with E-state index in [1.807, 2.05) is 24.3 Å². The van der Waals surface area contributed by atoms with Gasteiger partial charge in [-0.25, -0.2) is 4.79 Å². The zero-order chi connectivity index (χ0) is 12.5. The van der Waals surface area contributed by atoms with Gasteiger partial charge in [-0.05, 0) is 30.7 Å². The highest BCUT2D eigenvalue weighted by Gasteiger charge is 2.31. The average molecular weight is 243 g/mol. The van der Waals surface area contributed by atoms with Crippen LogP contribution < -0.4 is 4.74 Å². The predicted molar refractivity (Wildman–Crippen MR) is 66.5 cm³/mol. The minimum atomic E-state index is -0.522. The lowest BCUT2D eigenvalue weighted by Gasteiger charge is -2.09. The predicted octanol–water partition coefficient (Wildman–Crippen LogP) is 2.10. The highest BCUT2D eigenvalue weighted by molar-refractivity contribution is 5.88. The van der Waals surface area contributed by atoms with Crippen molar-refractivity contribution in [3.05, 3.63) is 36.0 Å². The third-order valence-electron chi connectivity index (χ3n) is 3.03. The van der Waals surface area contributed by atoms with E-state index in [1.165, 1.54) is 0 Å². The Morgan fingerprint density at radius 3 is 3.22 bits per heavy atom. The van der Waals surface area contributed by atoms with Crippen LogP contribution in [-0.2, 0) is 16.0 Å². The Morgan fingerprint density at radius 1 is 1.50 bits per heavy atom. The number of pyridine rings is 1. The lowest BCUT2D eigenvalue weighted by atomic mass is 10.1. The van der Waals surface area contributed by atoms with Crippen LogP contribution in [0.15, 0.2) is 30.5 Å². The fourth-order valence-electron chi connectivity index (χ4n) is 2.22. The molecule has 0 fully saturated rings. The number of fused-ring (bicyclic) bond motifs is 3. The molecule has 1 aromatic carbocycles. The zero-order valence-electron chi connectivity index (χ0n) is 10.1. The summed E-state index contributed by atoms with van der Waals surface area (Å²) in [5.74, 6) is 0.462. The molecule has 0 aliphatic carbocycles. The van der Waals surface area contributed by atoms with Crippen molar-refractivity contribution in [1.29, 1.82) is 0 Å². The lowest BCUT2D eigenvalue weighted by Crippen LogP contribution is -2.27. The molecular formula is C14H13NO3. The van der Waals surface area contributed by atoms with Crippen molar-refractivity contribution in [2.45, 2.75) is 19.4 Å². The minimum Gasteiger partial charge on any atom is -0.477 e. The topological polar surface area (TPSA) is 48.4 Å². The molecule has 0 saturated heterocycles. The lowest BCUT2D eigenvalue weighted by molar-refractivity contribution is -0.150. The number of hydrogen-bond donors (Lipinski definition) is 0. The van der Waals surface area contributed by atoms with Crippen LogP contribution in [0.4, 0.5) is 0 Å². The Labute approximate surface area is 105 Å². The van der Waals surface area contributed by atoms with Gasteiger partial charge < -0.3 is 9.47 Å². The van der Waals surface area contributed by atoms with E-state index in [9.17, 15) is 4.79 Å². The molecule has 0 radical (unpaired) electrons. The number of rotatable bonds is 2. The summed E-state index contributed by atoms with van der Waals surface area (Å²) >= 11 is 0. The highest BCUT2D eigenvalue weighted by atomic mass is 16.6. The van der Waals surface area contributed by atoms with Crippen LogP contribution in [0.25, 0.3) is 10.9 Å². The summed E-state index contributed by atoms with van der Waals surface area (Å²) in [7, 11) is 0. The van der Waals surface area contributed by atoms with Gasteiger partial charge in [0.1, 0.15) is 5.75 Å². The molecule has 4 nitrogen and oxygen atoms in total. The summed E-state index contributed by atoms with van der Waals surface area (Å²) in [4.78, 5) is 16.0. The van der Waals surface area contributed by atoms with Crippen LogP contribution in [0.5, 0.6) is 5.75 Å². The fourth-order valence-corrected chi connectivity index (χ4v) is 2.22. The first-order chi connectivity index (χ1) is 8.79. The Hall–Kier alpha value is -2.10. The van der Waals surface area contributed by atoms with Gasteiger partial charge in [-0.15, -0.1) is 0 Å². The van der Waals surface area contributed by atoms with Crippen molar-refractivity contribution >= 4 is 16.9 Å². The number of hydrogen-bond acceptors (Lipinski definition) is 4. The molecule has 2 heterocycles. The number of esters is 1. The van der Waals surface area contributed by atoms with E-state index in [1.54, 1.807) is 13.1 Å². The molecule has 1 aliphatic rings. The molecule has 18 heavy (non-hydrogen) atoms. The van der Waals surface area contributed by atoms with Crippen molar-refractivity contribution < 1.29 is 14.3 Å². The quantitative estimate of drug-likeness (QED) is 0.758. The van der Waals surface area contributed by atoms with E-state index in [-0.39, 0.29) is 5.97 Å². The van der Waals surface area contributed by atoms with E-state index < -0.39 is 6.10 Å². The number of carbonyl (C=O) groups excluding carboxylic acids is 1. The van der Waals surface area contributed by atoms with E-state index >= 15 is 0 Å². The molecule has 1 aromatic heterocycles. The number of nitrogens with zero attached hydrogens (tertiary/aromatic N) is 1. The van der Waals surface area contributed by atoms with Gasteiger partial charge in [0, 0.05) is 18.0 Å². The van der Waals surface area contributed by atoms with Crippen molar-refractivity contribution in [3.8, 4) is 5.75 Å². The van der Waals surface area contributed by atoms with Crippen LogP contribution in [0.3, 0.4) is 0 Å². The van der Waals surface area contributed by atoms with Crippen molar-refractivity contribution in [3.63, 3.8) is 0 Å². The number of ether oxygens (including phenoxy) is 2. The van der Waals surface area contributed by atoms with Crippen molar-refractivity contribution in [2.75, 3.05) is 6.61 Å². The highest BCUT2D eigenvalue weighted by Crippen LogP contribution is 2.35. The van der Waals surface area contributed by atoms with Gasteiger partial charge in [-0.3, -0.25) is 4.98 Å². The summed E-state index contributed by atoms with van der Waals surface area (Å²) in [6, 6.07) is 7.73. The normalized spacial score (nSPS) is 17.3. The number of aromatic nitrogens is 1. The Balaban J connectivity index is 1.98. The molecule has 0 spiro atoms. The molecule has 2 aromatic rings. The van der Waals surface area contributed by atoms with Gasteiger partial charge in [0.15, 0.2) is 6.10 Å². The molecule has 1 unspecified atom stereocenters. The van der Waals surface area contributed by atoms with Crippen LogP contribution in [0, 0.1) is 0 Å². The third kappa shape index (κ3) is 1.70. The van der Waals surface area contributed by atoms with Crippen LogP contribution >= 0.6 is 0 Å². The molecule has 0 N–H and O–H groups in total. The van der Waals surface area contributed by atoms with Crippen LogP contribution in [0.2, 0.25) is 0 Å². The standard InChI is InChI=1S/C14H13NO3/c1-2-17-14(16)12-8-9-5-6-11-10(13(9)18-12)4-3-7-15-11/h3-7,12H,2,8H2,1H3. The molecule has 4 heteroatoms. The average Bonchev–Trinajstić information content (AvgIpc) is 2.83. The maximum absolute atomic E-state index is 11.7. The first kappa shape index (κ1) is 11.0. The summed E-state index contributed by atoms with van der Waals surface area (Å²) in [6.07, 6.45) is 1.79. The van der Waals surface area contributed by atoms with Gasteiger partial charge in [-0.2, -0.15) is 0 Å². The summed E-state index contributed by atoms with van der Waals surface area (Å²) in [5.41, 5.74) is 1.91. The second kappa shape index (κ2) is 4.29. The fraction of sp³-hybridized carbons (Fsp3) is 0.286. The Morgan fingerprint density at radius 2 is 2.39 bits per heavy atom. The van der Waals surface area contributed by atoms with E-state index in [2.05, 4.69) is 4.98 Å². The van der Waals surface area contributed by atoms with Crippen LogP contribution in [0.1, 0.15) is 12.5 Å². The molecule has 3 rings (SSSR count). The van der Waals surface area contributed by atoms with Crippen molar-refractivity contribution in [2.24, 2.45) is 0 Å². The minimum absolute atomic E-state index is 0.300. The van der Waals surface area contributed by atoms with Gasteiger partial charge in [0.2, 0.25) is 0 Å². The summed E-state index contributed by atoms with van der Waals surface area (Å²) in [6.45, 7) is 2.16. The SMILES string of the molecule is CCOC(=O)C1Cc2ccc3ncccc3c2O1. The molecule has 0 saturated carbocycles. The summed E-state index contributed by atoms with van der Waals surface area (Å²) in [5, 5.41) is 0.946. The van der Waals surface area contributed by atoms with E-state index in [0.29, 0.717) is 13.0 Å². The number of carbonyl (C=O) groups is 1. The van der Waals surface area contributed by atoms with Gasteiger partial charge in [-0.1, -0.05) is 6.07 Å². The van der Waals surface area contributed by atoms with Gasteiger partial charge >= 0.3 is 5.97 Å². The first-order valence-corrected chi connectivity index (χ1v) is 5.99. The van der Waals surface area contributed by atoms with Gasteiger partial charge in [0.05, 0.1) is 12.1 Å². The molecular weight excluding hydrogens is 230 g/mol. The smallest absolute Gasteiger partial charge is 0.347 e. The maximum Gasteiger partial charge on any atom is 0.347 e. The first-order valence-electron chi connectivity index (χ1n) is 5.99. The molecule has 1 atom stereocenters. The Bertz CT molecular complexity index is 609. The molecule has 1 aliphatic heterocycles. The van der Waals surface area contributed by atoms with Gasteiger partial charge in [0.25, 0.3) is 0 Å². The van der Waals surface area contributed by atoms with Crippen molar-refractivity contribution in [1.82, 2.24) is 4.98 Å². The second-order valence-corrected chi connectivity index (χ2v) is 4.19. The van der Waals surface area contributed by atoms with E-state index in [0.717, 1.165) is 22.2 Å². The summed E-state index contributed by atoms with van der Waals surface area (Å²) < 4.78 is 10.7. The second-order valence-electron chi connectivity index (χ2n) is 4.19. The maximum atomic E-state index is 11.7. The number of benzene rings is 1. The largest absolute Gasteiger partial charge is 0.477 e. The zero-order valence-corrected chi connectivity index (χ0v) is 10.1. The molecule has 92 valence electrons. The Kier molecular flexibility index (Phi) is 2.63. The monoisotopic (exact) mass is 243 g/mol. The molecule has 0 bridgehead atoms. The van der Waals surface area contributed by atoms with E-state index in [4.69, 9.17) is 9.47 Å². The van der Waals surface area contributed by atoms with Crippen LogP contribution in [-0.4, -0.2) is 23.7 Å². The third-order valence-corrected chi connectivity index (χ3v) is 3.03.